The van der Waals surface area contributed by atoms with Crippen LogP contribution < -0.4 is 4.57 Å². The fourth-order valence-corrected chi connectivity index (χ4v) is 5.57. The third-order valence-electron chi connectivity index (χ3n) is 7.59. The SMILES string of the molecule is CCC1(C)c2cccc3c4cccc(C)c4n4cc[n+](c4c23)C1(C)CC. The van der Waals surface area contributed by atoms with Gasteiger partial charge >= 0.3 is 0 Å². The van der Waals surface area contributed by atoms with E-state index in [4.69, 9.17) is 0 Å². The van der Waals surface area contributed by atoms with E-state index in [0.29, 0.717) is 0 Å². The van der Waals surface area contributed by atoms with Gasteiger partial charge in [0.15, 0.2) is 0 Å². The first-order valence-electron chi connectivity index (χ1n) is 9.85. The Kier molecular flexibility index (Phi) is 2.98. The first-order valence-corrected chi connectivity index (χ1v) is 9.85. The highest BCUT2D eigenvalue weighted by Crippen LogP contribution is 2.49. The van der Waals surface area contributed by atoms with Crippen LogP contribution in [0.3, 0.4) is 0 Å². The fraction of sp³-hybridized carbons (Fsp3) is 0.375. The summed E-state index contributed by atoms with van der Waals surface area (Å²) in [6.45, 7) is 11.8. The van der Waals surface area contributed by atoms with Gasteiger partial charge in [0, 0.05) is 16.2 Å². The number of rotatable bonds is 2. The third-order valence-corrected chi connectivity index (χ3v) is 7.59. The molecule has 0 N–H and O–H groups in total. The van der Waals surface area contributed by atoms with E-state index in [1.54, 1.807) is 0 Å². The summed E-state index contributed by atoms with van der Waals surface area (Å²) in [5.74, 6) is 0. The summed E-state index contributed by atoms with van der Waals surface area (Å²) in [6, 6.07) is 13.6. The second kappa shape index (κ2) is 4.88. The van der Waals surface area contributed by atoms with Gasteiger partial charge in [-0.25, -0.2) is 4.57 Å². The molecule has 0 radical (unpaired) electrons. The van der Waals surface area contributed by atoms with Crippen molar-refractivity contribution in [3.63, 3.8) is 0 Å². The summed E-state index contributed by atoms with van der Waals surface area (Å²) in [7, 11) is 0. The zero-order chi connectivity index (χ0) is 18.3. The van der Waals surface area contributed by atoms with Crippen LogP contribution in [0, 0.1) is 6.92 Å². The van der Waals surface area contributed by atoms with E-state index in [0.717, 1.165) is 12.8 Å². The molecule has 0 aliphatic carbocycles. The predicted molar refractivity (Wildman–Crippen MR) is 109 cm³/mol. The van der Waals surface area contributed by atoms with Crippen LogP contribution in [0.1, 0.15) is 51.7 Å². The smallest absolute Gasteiger partial charge is 0.224 e. The first-order chi connectivity index (χ1) is 12.5. The van der Waals surface area contributed by atoms with Crippen LogP contribution in [0.5, 0.6) is 0 Å². The molecule has 3 heterocycles. The number of para-hydroxylation sites is 1. The maximum absolute atomic E-state index is 2.57. The van der Waals surface area contributed by atoms with Crippen molar-refractivity contribution in [2.45, 2.75) is 58.4 Å². The lowest BCUT2D eigenvalue weighted by molar-refractivity contribution is -0.750. The number of imidazole rings is 1. The zero-order valence-electron chi connectivity index (χ0n) is 16.4. The van der Waals surface area contributed by atoms with E-state index in [9.17, 15) is 0 Å². The molecular formula is C24H27N2+. The van der Waals surface area contributed by atoms with Crippen LogP contribution in [-0.2, 0) is 11.0 Å². The average molecular weight is 343 g/mol. The molecule has 0 spiro atoms. The first kappa shape index (κ1) is 15.9. The number of aromatic nitrogens is 2. The molecule has 2 aromatic carbocycles. The molecule has 0 saturated carbocycles. The van der Waals surface area contributed by atoms with Gasteiger partial charge in [-0.3, -0.25) is 0 Å². The topological polar surface area (TPSA) is 8.29 Å². The fourth-order valence-electron chi connectivity index (χ4n) is 5.57. The van der Waals surface area contributed by atoms with Gasteiger partial charge in [-0.1, -0.05) is 57.2 Å². The molecule has 2 unspecified atom stereocenters. The van der Waals surface area contributed by atoms with E-state index in [1.807, 2.05) is 0 Å². The number of hydrogen-bond donors (Lipinski definition) is 0. The molecule has 2 heteroatoms. The lowest BCUT2D eigenvalue weighted by atomic mass is 9.62. The lowest BCUT2D eigenvalue weighted by Crippen LogP contribution is -2.65. The standard InChI is InChI=1S/C24H27N2/c1-6-23(4)19-13-9-11-17-18-12-8-10-16(3)21(18)25-14-15-26(22(25)20(17)19)24(23,5)7-2/h8-15H,6-7H2,1-5H3/q+1. The lowest BCUT2D eigenvalue weighted by Gasteiger charge is -2.46. The number of nitrogens with zero attached hydrogens (tertiary/aromatic N) is 2. The Morgan fingerprint density at radius 2 is 1.69 bits per heavy atom. The molecule has 1 aliphatic heterocycles. The van der Waals surface area contributed by atoms with Gasteiger partial charge in [0.05, 0.1) is 5.39 Å². The molecule has 4 aromatic rings. The zero-order valence-corrected chi connectivity index (χ0v) is 16.4. The Hall–Kier alpha value is -2.35. The highest BCUT2D eigenvalue weighted by Gasteiger charge is 2.53. The molecular weight excluding hydrogens is 316 g/mol. The quantitative estimate of drug-likeness (QED) is 0.328. The Morgan fingerprint density at radius 3 is 2.42 bits per heavy atom. The molecule has 0 saturated heterocycles. The molecule has 2 atom stereocenters. The van der Waals surface area contributed by atoms with Crippen molar-refractivity contribution in [1.29, 1.82) is 0 Å². The van der Waals surface area contributed by atoms with Gasteiger partial charge in [-0.2, -0.15) is 4.40 Å². The van der Waals surface area contributed by atoms with Gasteiger partial charge < -0.3 is 0 Å². The van der Waals surface area contributed by atoms with E-state index in [-0.39, 0.29) is 11.0 Å². The highest BCUT2D eigenvalue weighted by atomic mass is 15.2. The number of fused-ring (bicyclic) bond motifs is 3. The van der Waals surface area contributed by atoms with Crippen LogP contribution in [-0.4, -0.2) is 4.40 Å². The number of hydrogen-bond acceptors (Lipinski definition) is 0. The average Bonchev–Trinajstić information content (AvgIpc) is 3.11. The summed E-state index contributed by atoms with van der Waals surface area (Å²) < 4.78 is 5.00. The van der Waals surface area contributed by atoms with Gasteiger partial charge in [0.25, 0.3) is 5.65 Å². The largest absolute Gasteiger partial charge is 0.295 e. The summed E-state index contributed by atoms with van der Waals surface area (Å²) in [6.07, 6.45) is 6.83. The van der Waals surface area contributed by atoms with Crippen LogP contribution in [0.4, 0.5) is 0 Å². The van der Waals surface area contributed by atoms with Crippen LogP contribution in [0.25, 0.3) is 27.3 Å². The van der Waals surface area contributed by atoms with E-state index >= 15 is 0 Å². The maximum Gasteiger partial charge on any atom is 0.295 e. The molecule has 0 amide bonds. The third kappa shape index (κ3) is 1.53. The second-order valence-corrected chi connectivity index (χ2v) is 8.37. The molecule has 5 rings (SSSR count). The van der Waals surface area contributed by atoms with Crippen LogP contribution in [0.15, 0.2) is 48.8 Å². The normalized spacial score (nSPS) is 25.0. The van der Waals surface area contributed by atoms with Gasteiger partial charge in [0.2, 0.25) is 0 Å². The Morgan fingerprint density at radius 1 is 0.962 bits per heavy atom. The van der Waals surface area contributed by atoms with Crippen molar-refractivity contribution in [2.75, 3.05) is 0 Å². The highest BCUT2D eigenvalue weighted by molar-refractivity contribution is 6.13. The van der Waals surface area contributed by atoms with Gasteiger partial charge in [0.1, 0.15) is 23.4 Å². The Bertz CT molecular complexity index is 1200. The van der Waals surface area contributed by atoms with Gasteiger partial charge in [-0.15, -0.1) is 0 Å². The Labute approximate surface area is 155 Å². The summed E-state index contributed by atoms with van der Waals surface area (Å²) in [5.41, 5.74) is 5.71. The van der Waals surface area contributed by atoms with Crippen molar-refractivity contribution in [2.24, 2.45) is 0 Å². The number of pyridine rings is 1. The van der Waals surface area contributed by atoms with Gasteiger partial charge in [-0.05, 0) is 37.8 Å². The summed E-state index contributed by atoms with van der Waals surface area (Å²) in [5, 5.41) is 4.18. The summed E-state index contributed by atoms with van der Waals surface area (Å²) >= 11 is 0. The van der Waals surface area contributed by atoms with Crippen LogP contribution >= 0.6 is 0 Å². The van der Waals surface area contributed by atoms with E-state index in [1.165, 1.54) is 38.4 Å². The van der Waals surface area contributed by atoms with E-state index in [2.05, 4.69) is 92.4 Å². The van der Waals surface area contributed by atoms with Crippen molar-refractivity contribution in [3.8, 4) is 0 Å². The molecule has 1 aliphatic rings. The minimum atomic E-state index is 0.0636. The minimum absolute atomic E-state index is 0.0636. The molecule has 0 bridgehead atoms. The number of aryl methyl sites for hydroxylation is 1. The van der Waals surface area contributed by atoms with Crippen LogP contribution in [0.2, 0.25) is 0 Å². The van der Waals surface area contributed by atoms with Crippen molar-refractivity contribution in [3.05, 3.63) is 59.9 Å². The van der Waals surface area contributed by atoms with Crippen molar-refractivity contribution in [1.82, 2.24) is 4.40 Å². The predicted octanol–water partition coefficient (Wildman–Crippen LogP) is 5.65. The van der Waals surface area contributed by atoms with E-state index < -0.39 is 0 Å². The Balaban J connectivity index is 2.17. The minimum Gasteiger partial charge on any atom is -0.224 e. The molecule has 2 aromatic heterocycles. The summed E-state index contributed by atoms with van der Waals surface area (Å²) in [4.78, 5) is 0. The molecule has 26 heavy (non-hydrogen) atoms. The maximum atomic E-state index is 2.57. The van der Waals surface area contributed by atoms with Crippen molar-refractivity contribution >= 4 is 27.3 Å². The molecule has 0 fully saturated rings. The number of benzene rings is 2. The van der Waals surface area contributed by atoms with Crippen molar-refractivity contribution < 1.29 is 4.57 Å². The second-order valence-electron chi connectivity index (χ2n) is 8.37. The monoisotopic (exact) mass is 343 g/mol. The molecule has 132 valence electrons. The molecule has 2 nitrogen and oxygen atoms in total.